The first-order chi connectivity index (χ1) is 18.8. The Morgan fingerprint density at radius 3 is 2.49 bits per heavy atom. The summed E-state index contributed by atoms with van der Waals surface area (Å²) >= 11 is 0. The summed E-state index contributed by atoms with van der Waals surface area (Å²) in [6.45, 7) is 1.50. The molecule has 0 aliphatic carbocycles. The minimum absolute atomic E-state index is 0.142. The van der Waals surface area contributed by atoms with E-state index in [2.05, 4.69) is 15.3 Å². The van der Waals surface area contributed by atoms with Crippen molar-refractivity contribution in [1.82, 2.24) is 20.2 Å². The van der Waals surface area contributed by atoms with E-state index in [1.165, 1.54) is 18.4 Å². The van der Waals surface area contributed by atoms with Crippen LogP contribution in [0.4, 0.5) is 13.2 Å². The molecule has 5 rings (SSSR count). The maximum atomic E-state index is 13.0. The molecule has 1 aliphatic heterocycles. The molecular weight excluding hydrogens is 513 g/mol. The molecule has 0 unspecified atom stereocenters. The van der Waals surface area contributed by atoms with Crippen molar-refractivity contribution < 1.29 is 31.9 Å². The Bertz CT molecular complexity index is 1410. The zero-order valence-electron chi connectivity index (χ0n) is 20.8. The number of ether oxygens (including phenoxy) is 2. The molecule has 0 atom stereocenters. The number of alkyl halides is 3. The predicted molar refractivity (Wildman–Crippen MR) is 134 cm³/mol. The number of hydrogen-bond acceptors (Lipinski definition) is 7. The molecular formula is C28H25F3N4O4. The summed E-state index contributed by atoms with van der Waals surface area (Å²) in [5.41, 5.74) is 1.89. The SMILES string of the molecule is O=C(NCCc1ccccn1)c1coc(CN(Cc2ccc(C(F)(F)F)cc2)Cc2ccc3c(c2)OCO3)n1. The van der Waals surface area contributed by atoms with E-state index in [0.29, 0.717) is 49.0 Å². The highest BCUT2D eigenvalue weighted by Crippen LogP contribution is 2.33. The fourth-order valence-corrected chi connectivity index (χ4v) is 4.14. The number of carbonyl (C=O) groups is 1. The van der Waals surface area contributed by atoms with Crippen molar-refractivity contribution in [3.8, 4) is 11.5 Å². The topological polar surface area (TPSA) is 89.7 Å². The van der Waals surface area contributed by atoms with Gasteiger partial charge in [-0.25, -0.2) is 4.98 Å². The van der Waals surface area contributed by atoms with Crippen molar-refractivity contribution in [3.05, 3.63) is 107 Å². The average molecular weight is 539 g/mol. The van der Waals surface area contributed by atoms with Gasteiger partial charge in [-0.2, -0.15) is 13.2 Å². The lowest BCUT2D eigenvalue weighted by molar-refractivity contribution is -0.137. The highest BCUT2D eigenvalue weighted by atomic mass is 19.4. The smallest absolute Gasteiger partial charge is 0.416 e. The monoisotopic (exact) mass is 538 g/mol. The van der Waals surface area contributed by atoms with Gasteiger partial charge in [-0.15, -0.1) is 0 Å². The van der Waals surface area contributed by atoms with Gasteiger partial charge in [0.2, 0.25) is 12.7 Å². The number of pyridine rings is 1. The van der Waals surface area contributed by atoms with Crippen LogP contribution in [0.3, 0.4) is 0 Å². The zero-order chi connectivity index (χ0) is 27.2. The van der Waals surface area contributed by atoms with Gasteiger partial charge in [0.15, 0.2) is 17.2 Å². The van der Waals surface area contributed by atoms with Gasteiger partial charge in [0.25, 0.3) is 5.91 Å². The summed E-state index contributed by atoms with van der Waals surface area (Å²) in [7, 11) is 0. The van der Waals surface area contributed by atoms with Crippen LogP contribution >= 0.6 is 0 Å². The molecule has 3 heterocycles. The quantitative estimate of drug-likeness (QED) is 0.304. The molecule has 0 saturated heterocycles. The lowest BCUT2D eigenvalue weighted by Gasteiger charge is -2.21. The highest BCUT2D eigenvalue weighted by molar-refractivity contribution is 5.91. The Morgan fingerprint density at radius 2 is 1.72 bits per heavy atom. The van der Waals surface area contributed by atoms with Crippen LogP contribution in [0.2, 0.25) is 0 Å². The third-order valence-corrected chi connectivity index (χ3v) is 6.07. The number of amides is 1. The largest absolute Gasteiger partial charge is 0.454 e. The molecule has 0 saturated carbocycles. The van der Waals surface area contributed by atoms with Gasteiger partial charge in [0, 0.05) is 37.9 Å². The molecule has 0 spiro atoms. The number of oxazole rings is 1. The van der Waals surface area contributed by atoms with E-state index in [-0.39, 0.29) is 24.9 Å². The summed E-state index contributed by atoms with van der Waals surface area (Å²) in [5.74, 6) is 1.21. The number of nitrogens with zero attached hydrogens (tertiary/aromatic N) is 3. The summed E-state index contributed by atoms with van der Waals surface area (Å²) < 4.78 is 55.4. The normalized spacial score (nSPS) is 12.6. The Balaban J connectivity index is 1.26. The number of fused-ring (bicyclic) bond motifs is 1. The van der Waals surface area contributed by atoms with Crippen LogP contribution < -0.4 is 14.8 Å². The number of carbonyl (C=O) groups excluding carboxylic acids is 1. The van der Waals surface area contributed by atoms with Crippen molar-refractivity contribution in [1.29, 1.82) is 0 Å². The Morgan fingerprint density at radius 1 is 0.949 bits per heavy atom. The molecule has 4 aromatic rings. The van der Waals surface area contributed by atoms with Crippen LogP contribution in [0.1, 0.15) is 38.8 Å². The van der Waals surface area contributed by atoms with E-state index < -0.39 is 11.7 Å². The maximum absolute atomic E-state index is 13.0. The van der Waals surface area contributed by atoms with E-state index in [4.69, 9.17) is 13.9 Å². The first-order valence-electron chi connectivity index (χ1n) is 12.2. The van der Waals surface area contributed by atoms with Crippen molar-refractivity contribution in [2.24, 2.45) is 0 Å². The van der Waals surface area contributed by atoms with Crippen molar-refractivity contribution in [2.75, 3.05) is 13.3 Å². The molecule has 2 aromatic carbocycles. The van der Waals surface area contributed by atoms with E-state index in [0.717, 1.165) is 23.4 Å². The van der Waals surface area contributed by atoms with E-state index >= 15 is 0 Å². The summed E-state index contributed by atoms with van der Waals surface area (Å²) in [4.78, 5) is 23.1. The third-order valence-electron chi connectivity index (χ3n) is 6.07. The number of benzene rings is 2. The van der Waals surface area contributed by atoms with Crippen LogP contribution in [-0.2, 0) is 32.2 Å². The minimum atomic E-state index is -4.41. The van der Waals surface area contributed by atoms with E-state index in [1.54, 1.807) is 6.20 Å². The molecule has 202 valence electrons. The molecule has 2 aromatic heterocycles. The standard InChI is InChI=1S/C28H25F3N4O4/c29-28(30,31)21-7-4-19(5-8-21)14-35(15-20-6-9-24-25(13-20)39-18-38-24)16-26-34-23(17-37-26)27(36)33-12-10-22-3-1-2-11-32-22/h1-9,11,13,17H,10,12,14-16,18H2,(H,33,36). The van der Waals surface area contributed by atoms with Gasteiger partial charge in [-0.1, -0.05) is 24.3 Å². The molecule has 11 heteroatoms. The zero-order valence-corrected chi connectivity index (χ0v) is 20.8. The van der Waals surface area contributed by atoms with Crippen molar-refractivity contribution >= 4 is 5.91 Å². The van der Waals surface area contributed by atoms with Crippen LogP contribution in [0.5, 0.6) is 11.5 Å². The highest BCUT2D eigenvalue weighted by Gasteiger charge is 2.30. The second-order valence-corrected chi connectivity index (χ2v) is 8.98. The van der Waals surface area contributed by atoms with Gasteiger partial charge in [0.05, 0.1) is 12.1 Å². The van der Waals surface area contributed by atoms with Crippen LogP contribution in [-0.4, -0.2) is 34.1 Å². The predicted octanol–water partition coefficient (Wildman–Crippen LogP) is 4.99. The fraction of sp³-hybridized carbons (Fsp3) is 0.250. The van der Waals surface area contributed by atoms with Gasteiger partial charge in [-0.05, 0) is 47.5 Å². The van der Waals surface area contributed by atoms with E-state index in [1.807, 2.05) is 41.3 Å². The van der Waals surface area contributed by atoms with Gasteiger partial charge < -0.3 is 19.2 Å². The second kappa shape index (κ2) is 11.6. The average Bonchev–Trinajstić information content (AvgIpc) is 3.58. The van der Waals surface area contributed by atoms with Crippen LogP contribution in [0.25, 0.3) is 0 Å². The van der Waals surface area contributed by atoms with Gasteiger partial charge in [-0.3, -0.25) is 14.7 Å². The molecule has 0 fully saturated rings. The number of halogens is 3. The lowest BCUT2D eigenvalue weighted by Crippen LogP contribution is -2.26. The number of hydrogen-bond donors (Lipinski definition) is 1. The first-order valence-corrected chi connectivity index (χ1v) is 12.2. The van der Waals surface area contributed by atoms with Crippen molar-refractivity contribution in [3.63, 3.8) is 0 Å². The molecule has 1 N–H and O–H groups in total. The first kappa shape index (κ1) is 26.2. The maximum Gasteiger partial charge on any atom is 0.416 e. The molecule has 0 radical (unpaired) electrons. The minimum Gasteiger partial charge on any atom is -0.454 e. The third kappa shape index (κ3) is 6.94. The molecule has 8 nitrogen and oxygen atoms in total. The molecule has 1 aliphatic rings. The fourth-order valence-electron chi connectivity index (χ4n) is 4.14. The van der Waals surface area contributed by atoms with Crippen molar-refractivity contribution in [2.45, 2.75) is 32.2 Å². The Kier molecular flexibility index (Phi) is 7.78. The Hall–Kier alpha value is -4.38. The van der Waals surface area contributed by atoms with Crippen LogP contribution in [0.15, 0.2) is 77.5 Å². The molecule has 1 amide bonds. The second-order valence-electron chi connectivity index (χ2n) is 8.98. The molecule has 39 heavy (non-hydrogen) atoms. The summed E-state index contributed by atoms with van der Waals surface area (Å²) in [6, 6.07) is 16.2. The summed E-state index contributed by atoms with van der Waals surface area (Å²) in [6.07, 6.45) is -0.839. The van der Waals surface area contributed by atoms with Gasteiger partial charge >= 0.3 is 6.18 Å². The number of rotatable bonds is 10. The van der Waals surface area contributed by atoms with E-state index in [9.17, 15) is 18.0 Å². The lowest BCUT2D eigenvalue weighted by atomic mass is 10.1. The molecule has 0 bridgehead atoms. The van der Waals surface area contributed by atoms with Gasteiger partial charge in [0.1, 0.15) is 6.26 Å². The van der Waals surface area contributed by atoms with Crippen LogP contribution in [0, 0.1) is 0 Å². The Labute approximate surface area is 222 Å². The number of nitrogens with one attached hydrogen (secondary N) is 1. The summed E-state index contributed by atoms with van der Waals surface area (Å²) in [5, 5.41) is 2.80. The number of aromatic nitrogens is 2.